The molecule has 1 aliphatic heterocycles. The van der Waals surface area contributed by atoms with Crippen LogP contribution in [0.25, 0.3) is 16.5 Å². The zero-order valence-electron chi connectivity index (χ0n) is 23.1. The van der Waals surface area contributed by atoms with Gasteiger partial charge in [-0.1, -0.05) is 6.42 Å². The van der Waals surface area contributed by atoms with Gasteiger partial charge >= 0.3 is 0 Å². The maximum Gasteiger partial charge on any atom is 0.255 e. The molecule has 4 heterocycles. The highest BCUT2D eigenvalue weighted by molar-refractivity contribution is 6.07. The molecule has 1 saturated heterocycles. The minimum atomic E-state index is -0.866. The number of aryl methyl sites for hydroxylation is 2. The van der Waals surface area contributed by atoms with Crippen LogP contribution >= 0.6 is 0 Å². The third-order valence-electron chi connectivity index (χ3n) is 9.48. The number of ether oxygens (including phenoxy) is 1. The van der Waals surface area contributed by atoms with Crippen LogP contribution in [0, 0.1) is 19.3 Å². The van der Waals surface area contributed by atoms with Crippen molar-refractivity contribution in [2.45, 2.75) is 70.9 Å². The van der Waals surface area contributed by atoms with E-state index in [4.69, 9.17) is 9.15 Å². The minimum absolute atomic E-state index is 0.0720. The predicted octanol–water partition coefficient (Wildman–Crippen LogP) is 5.15. The summed E-state index contributed by atoms with van der Waals surface area (Å²) < 4.78 is 14.0. The molecule has 4 aromatic rings. The Morgan fingerprint density at radius 2 is 2.00 bits per heavy atom. The van der Waals surface area contributed by atoms with Crippen LogP contribution in [0.15, 0.2) is 41.1 Å². The van der Waals surface area contributed by atoms with Crippen LogP contribution in [0.2, 0.25) is 0 Å². The van der Waals surface area contributed by atoms with E-state index < -0.39 is 5.60 Å². The van der Waals surface area contributed by atoms with E-state index in [2.05, 4.69) is 10.4 Å². The lowest BCUT2D eigenvalue weighted by molar-refractivity contribution is -0.0147. The molecule has 2 atom stereocenters. The molecule has 9 nitrogen and oxygen atoms in total. The molecular formula is C31H34N4O5. The van der Waals surface area contributed by atoms with Gasteiger partial charge in [-0.05, 0) is 76.0 Å². The van der Waals surface area contributed by atoms with Crippen molar-refractivity contribution in [3.63, 3.8) is 0 Å². The van der Waals surface area contributed by atoms with Crippen LogP contribution in [0.1, 0.15) is 77.5 Å². The van der Waals surface area contributed by atoms with Gasteiger partial charge in [0, 0.05) is 42.8 Å². The maximum atomic E-state index is 13.3. The Labute approximate surface area is 232 Å². The number of nitrogens with one attached hydrogen (secondary N) is 1. The second-order valence-corrected chi connectivity index (χ2v) is 12.2. The third-order valence-corrected chi connectivity index (χ3v) is 9.48. The molecule has 2 N–H and O–H groups in total. The SMILES string of the molecule is Cc1oc2cc(Oc3ccnn4cc(C(=O)N5CCC(C)(O)C5)c(C)c34)ccc2c1C(=O)NC1CCC12CCC2. The van der Waals surface area contributed by atoms with Crippen molar-refractivity contribution in [1.82, 2.24) is 19.8 Å². The summed E-state index contributed by atoms with van der Waals surface area (Å²) in [7, 11) is 0. The van der Waals surface area contributed by atoms with Crippen molar-refractivity contribution in [1.29, 1.82) is 0 Å². The Morgan fingerprint density at radius 3 is 2.67 bits per heavy atom. The second-order valence-electron chi connectivity index (χ2n) is 12.2. The number of hydrogen-bond donors (Lipinski definition) is 2. The molecule has 3 aliphatic rings. The van der Waals surface area contributed by atoms with Crippen molar-refractivity contribution in [3.05, 3.63) is 59.1 Å². The lowest BCUT2D eigenvalue weighted by atomic mass is 9.53. The molecular weight excluding hydrogens is 508 g/mol. The quantitative estimate of drug-likeness (QED) is 0.361. The van der Waals surface area contributed by atoms with Gasteiger partial charge in [-0.2, -0.15) is 5.10 Å². The molecule has 0 radical (unpaired) electrons. The summed E-state index contributed by atoms with van der Waals surface area (Å²) in [6.45, 7) is 6.27. The molecule has 9 heteroatoms. The minimum Gasteiger partial charge on any atom is -0.460 e. The summed E-state index contributed by atoms with van der Waals surface area (Å²) in [4.78, 5) is 28.2. The fourth-order valence-electron chi connectivity index (χ4n) is 6.86. The maximum absolute atomic E-state index is 13.3. The van der Waals surface area contributed by atoms with Crippen LogP contribution < -0.4 is 10.1 Å². The number of rotatable bonds is 5. The van der Waals surface area contributed by atoms with Crippen molar-refractivity contribution in [2.75, 3.05) is 13.1 Å². The van der Waals surface area contributed by atoms with Gasteiger partial charge in [0.05, 0.1) is 22.9 Å². The number of carbonyl (C=O) groups is 2. The average molecular weight is 543 g/mol. The molecule has 1 aromatic carbocycles. The summed E-state index contributed by atoms with van der Waals surface area (Å²) in [5.41, 5.74) is 2.61. The number of furan rings is 1. The number of β-amino-alcohol motifs (C(OH)–C–C–N with tert-alkyl or cyclic N) is 1. The number of benzene rings is 1. The van der Waals surface area contributed by atoms with E-state index in [1.807, 2.05) is 26.0 Å². The number of aromatic nitrogens is 2. The van der Waals surface area contributed by atoms with Crippen molar-refractivity contribution < 1.29 is 23.8 Å². The Balaban J connectivity index is 1.15. The number of likely N-dealkylation sites (tertiary alicyclic amines) is 1. The number of nitrogens with zero attached hydrogens (tertiary/aromatic N) is 3. The normalized spacial score (nSPS) is 23.4. The molecule has 2 aliphatic carbocycles. The Kier molecular flexibility index (Phi) is 5.55. The van der Waals surface area contributed by atoms with E-state index in [0.717, 1.165) is 17.4 Å². The first-order chi connectivity index (χ1) is 19.1. The second kappa shape index (κ2) is 8.83. The van der Waals surface area contributed by atoms with Crippen molar-refractivity contribution in [2.24, 2.45) is 5.41 Å². The van der Waals surface area contributed by atoms with Gasteiger partial charge in [0.1, 0.15) is 22.6 Å². The van der Waals surface area contributed by atoms with E-state index >= 15 is 0 Å². The molecule has 7 rings (SSSR count). The Morgan fingerprint density at radius 1 is 1.18 bits per heavy atom. The Bertz CT molecular complexity index is 1670. The van der Waals surface area contributed by atoms with Crippen LogP contribution in [-0.4, -0.2) is 56.2 Å². The van der Waals surface area contributed by atoms with E-state index in [1.54, 1.807) is 40.9 Å². The van der Waals surface area contributed by atoms with Crippen LogP contribution in [0.5, 0.6) is 11.5 Å². The summed E-state index contributed by atoms with van der Waals surface area (Å²) >= 11 is 0. The van der Waals surface area contributed by atoms with E-state index in [0.29, 0.717) is 64.4 Å². The topological polar surface area (TPSA) is 109 Å². The van der Waals surface area contributed by atoms with Crippen molar-refractivity contribution in [3.8, 4) is 11.5 Å². The highest BCUT2D eigenvalue weighted by atomic mass is 16.5. The summed E-state index contributed by atoms with van der Waals surface area (Å²) in [5.74, 6) is 1.49. The highest BCUT2D eigenvalue weighted by Crippen LogP contribution is 2.56. The molecule has 1 spiro atoms. The molecule has 3 fully saturated rings. The number of amides is 2. The number of hydrogen-bond acceptors (Lipinski definition) is 6. The van der Waals surface area contributed by atoms with Crippen LogP contribution in [0.3, 0.4) is 0 Å². The fraction of sp³-hybridized carbons (Fsp3) is 0.452. The van der Waals surface area contributed by atoms with E-state index in [-0.39, 0.29) is 17.9 Å². The monoisotopic (exact) mass is 542 g/mol. The molecule has 2 unspecified atom stereocenters. The van der Waals surface area contributed by atoms with Gasteiger partial charge in [0.15, 0.2) is 5.75 Å². The lowest BCUT2D eigenvalue weighted by Gasteiger charge is -2.56. The van der Waals surface area contributed by atoms with Crippen LogP contribution in [0.4, 0.5) is 0 Å². The third kappa shape index (κ3) is 3.90. The summed E-state index contributed by atoms with van der Waals surface area (Å²) in [6, 6.07) is 7.52. The van der Waals surface area contributed by atoms with Crippen molar-refractivity contribution >= 4 is 28.3 Å². The van der Waals surface area contributed by atoms with E-state index in [1.165, 1.54) is 25.7 Å². The molecule has 2 saturated carbocycles. The molecule has 40 heavy (non-hydrogen) atoms. The zero-order valence-corrected chi connectivity index (χ0v) is 23.1. The largest absolute Gasteiger partial charge is 0.460 e. The van der Waals surface area contributed by atoms with E-state index in [9.17, 15) is 14.7 Å². The van der Waals surface area contributed by atoms with Gasteiger partial charge in [-0.3, -0.25) is 9.59 Å². The number of aliphatic hydroxyl groups is 1. The first-order valence-corrected chi connectivity index (χ1v) is 14.1. The van der Waals surface area contributed by atoms with Crippen LogP contribution in [-0.2, 0) is 0 Å². The fourth-order valence-corrected chi connectivity index (χ4v) is 6.86. The smallest absolute Gasteiger partial charge is 0.255 e. The zero-order chi connectivity index (χ0) is 27.8. The first-order valence-electron chi connectivity index (χ1n) is 14.1. The molecule has 208 valence electrons. The molecule has 0 bridgehead atoms. The predicted molar refractivity (Wildman–Crippen MR) is 149 cm³/mol. The van der Waals surface area contributed by atoms with Gasteiger partial charge in [0.25, 0.3) is 11.8 Å². The molecule has 2 amide bonds. The van der Waals surface area contributed by atoms with Gasteiger partial charge in [-0.25, -0.2) is 4.52 Å². The molecule has 3 aromatic heterocycles. The summed E-state index contributed by atoms with van der Waals surface area (Å²) in [6.07, 6.45) is 9.84. The van der Waals surface area contributed by atoms with Gasteiger partial charge < -0.3 is 24.5 Å². The lowest BCUT2D eigenvalue weighted by Crippen LogP contribution is -2.58. The average Bonchev–Trinajstić information content (AvgIpc) is 3.52. The Hall–Kier alpha value is -3.85. The summed E-state index contributed by atoms with van der Waals surface area (Å²) in [5, 5.41) is 18.8. The first kappa shape index (κ1) is 25.1. The van der Waals surface area contributed by atoms with Gasteiger partial charge in [0.2, 0.25) is 0 Å². The highest BCUT2D eigenvalue weighted by Gasteiger charge is 2.51. The number of carbonyl (C=O) groups excluding carboxylic acids is 2. The van der Waals surface area contributed by atoms with Gasteiger partial charge in [-0.15, -0.1) is 0 Å². The standard InChI is InChI=1S/C31H34N4O5/c1-18-22(29(37)34-14-12-30(3,38)17-34)16-35-27(18)23(8-13-32-35)40-20-5-6-21-24(15-20)39-19(2)26(21)28(36)33-25-7-11-31(25)9-4-10-31/h5-6,8,13,15-16,25,38H,4,7,9-12,14,17H2,1-3H3,(H,33,36). The number of fused-ring (bicyclic) bond motifs is 2.